The zero-order chi connectivity index (χ0) is 28.1. The second-order valence-electron chi connectivity index (χ2n) is 10.4. The molecule has 2 aliphatic rings. The summed E-state index contributed by atoms with van der Waals surface area (Å²) in [5.41, 5.74) is 4.83. The Morgan fingerprint density at radius 2 is 1.62 bits per heavy atom. The van der Waals surface area contributed by atoms with Crippen LogP contribution in [-0.4, -0.2) is 40.1 Å². The summed E-state index contributed by atoms with van der Waals surface area (Å²) in [6.07, 6.45) is 2.48. The molecule has 1 aromatic heterocycles. The number of allylic oxidation sites excluding steroid dienone is 1. The van der Waals surface area contributed by atoms with E-state index in [0.717, 1.165) is 90.5 Å². The van der Waals surface area contributed by atoms with Gasteiger partial charge in [0.15, 0.2) is 0 Å². The minimum Gasteiger partial charge on any atom is -0.463 e. The standard InChI is InChI=1S/C31H35F3N4O2/c1-2-40-30(39)27-6-5-7-28(27)35-19-29-36-18-26(21-37-16-3-4-17-37)38(29)20-22-8-10-23(11-9-22)24-12-14-25(15-13-24)31(32,33)34/h8-15,18,35H,2-7,16-17,19-21H2,1H3. The van der Waals surface area contributed by atoms with Gasteiger partial charge in [0, 0.05) is 25.0 Å². The quantitative estimate of drug-likeness (QED) is 0.299. The van der Waals surface area contributed by atoms with E-state index in [1.54, 1.807) is 0 Å². The number of esters is 1. The van der Waals surface area contributed by atoms with Gasteiger partial charge in [-0.3, -0.25) is 4.90 Å². The average Bonchev–Trinajstić information content (AvgIpc) is 3.71. The molecule has 9 heteroatoms. The van der Waals surface area contributed by atoms with Crippen LogP contribution in [0.2, 0.25) is 0 Å². The van der Waals surface area contributed by atoms with Crippen molar-refractivity contribution >= 4 is 5.97 Å². The molecule has 1 aliphatic heterocycles. The lowest BCUT2D eigenvalue weighted by atomic mass is 10.0. The van der Waals surface area contributed by atoms with Crippen LogP contribution < -0.4 is 5.32 Å². The van der Waals surface area contributed by atoms with Crippen LogP contribution in [0.3, 0.4) is 0 Å². The van der Waals surface area contributed by atoms with E-state index in [-0.39, 0.29) is 5.97 Å². The fourth-order valence-electron chi connectivity index (χ4n) is 5.49. The van der Waals surface area contributed by atoms with E-state index in [1.165, 1.54) is 25.0 Å². The zero-order valence-corrected chi connectivity index (χ0v) is 22.8. The summed E-state index contributed by atoms with van der Waals surface area (Å²) < 4.78 is 46.3. The summed E-state index contributed by atoms with van der Waals surface area (Å²) in [7, 11) is 0. The van der Waals surface area contributed by atoms with Crippen LogP contribution in [0.1, 0.15) is 61.7 Å². The first-order chi connectivity index (χ1) is 19.3. The Bertz CT molecular complexity index is 1340. The Kier molecular flexibility index (Phi) is 8.59. The predicted molar refractivity (Wildman–Crippen MR) is 147 cm³/mol. The van der Waals surface area contributed by atoms with Gasteiger partial charge in [-0.25, -0.2) is 9.78 Å². The van der Waals surface area contributed by atoms with Gasteiger partial charge in [-0.1, -0.05) is 36.4 Å². The second-order valence-corrected chi connectivity index (χ2v) is 10.4. The average molecular weight is 553 g/mol. The van der Waals surface area contributed by atoms with E-state index in [1.807, 2.05) is 37.4 Å². The molecule has 2 aromatic carbocycles. The lowest BCUT2D eigenvalue weighted by molar-refractivity contribution is -0.139. The highest BCUT2D eigenvalue weighted by Gasteiger charge is 2.30. The molecule has 0 saturated carbocycles. The van der Waals surface area contributed by atoms with E-state index in [2.05, 4.69) is 14.8 Å². The first-order valence-corrected chi connectivity index (χ1v) is 14.0. The summed E-state index contributed by atoms with van der Waals surface area (Å²) in [4.78, 5) is 19.6. The normalized spacial score (nSPS) is 16.1. The number of alkyl halides is 3. The first kappa shape index (κ1) is 28.0. The number of benzene rings is 2. The molecule has 0 amide bonds. The number of carbonyl (C=O) groups is 1. The van der Waals surface area contributed by atoms with Gasteiger partial charge < -0.3 is 14.6 Å². The van der Waals surface area contributed by atoms with Gasteiger partial charge in [0.05, 0.1) is 30.0 Å². The maximum absolute atomic E-state index is 12.9. The van der Waals surface area contributed by atoms with E-state index in [9.17, 15) is 18.0 Å². The van der Waals surface area contributed by atoms with Crippen molar-refractivity contribution < 1.29 is 22.7 Å². The smallest absolute Gasteiger partial charge is 0.416 e. The third-order valence-corrected chi connectivity index (χ3v) is 7.64. The lowest BCUT2D eigenvalue weighted by Crippen LogP contribution is -2.23. The summed E-state index contributed by atoms with van der Waals surface area (Å²) in [6, 6.07) is 13.2. The van der Waals surface area contributed by atoms with Crippen LogP contribution in [-0.2, 0) is 35.3 Å². The number of aromatic nitrogens is 2. The molecule has 2 heterocycles. The number of nitrogens with zero attached hydrogens (tertiary/aromatic N) is 3. The number of hydrogen-bond acceptors (Lipinski definition) is 5. The van der Waals surface area contributed by atoms with Crippen LogP contribution in [0.5, 0.6) is 0 Å². The summed E-state index contributed by atoms with van der Waals surface area (Å²) in [5, 5.41) is 3.47. The highest BCUT2D eigenvalue weighted by Crippen LogP contribution is 2.31. The number of hydrogen-bond donors (Lipinski definition) is 1. The monoisotopic (exact) mass is 552 g/mol. The Morgan fingerprint density at radius 1 is 0.950 bits per heavy atom. The van der Waals surface area contributed by atoms with Gasteiger partial charge in [-0.05, 0) is 80.9 Å². The van der Waals surface area contributed by atoms with Gasteiger partial charge >= 0.3 is 12.1 Å². The van der Waals surface area contributed by atoms with Crippen LogP contribution >= 0.6 is 0 Å². The largest absolute Gasteiger partial charge is 0.463 e. The van der Waals surface area contributed by atoms with Gasteiger partial charge in [0.25, 0.3) is 0 Å². The molecule has 0 spiro atoms. The van der Waals surface area contributed by atoms with E-state index in [0.29, 0.717) is 19.7 Å². The maximum Gasteiger partial charge on any atom is 0.416 e. The maximum atomic E-state index is 12.9. The molecule has 1 aliphatic carbocycles. The molecule has 212 valence electrons. The Balaban J connectivity index is 1.34. The molecule has 3 aromatic rings. The van der Waals surface area contributed by atoms with Crippen LogP contribution in [0.25, 0.3) is 11.1 Å². The van der Waals surface area contributed by atoms with E-state index in [4.69, 9.17) is 9.72 Å². The third-order valence-electron chi connectivity index (χ3n) is 7.64. The second kappa shape index (κ2) is 12.3. The summed E-state index contributed by atoms with van der Waals surface area (Å²) in [5.74, 6) is 0.650. The molecular weight excluding hydrogens is 517 g/mol. The third kappa shape index (κ3) is 6.58. The predicted octanol–water partition coefficient (Wildman–Crippen LogP) is 6.30. The van der Waals surface area contributed by atoms with Gasteiger partial charge in [0.2, 0.25) is 0 Å². The Hall–Kier alpha value is -3.59. The molecule has 1 fully saturated rings. The Morgan fingerprint density at radius 3 is 2.27 bits per heavy atom. The number of ether oxygens (including phenoxy) is 1. The van der Waals surface area contributed by atoms with Crippen molar-refractivity contribution in [3.05, 3.63) is 88.6 Å². The topological polar surface area (TPSA) is 59.4 Å². The highest BCUT2D eigenvalue weighted by atomic mass is 19.4. The number of carbonyl (C=O) groups excluding carboxylic acids is 1. The van der Waals surface area contributed by atoms with Crippen molar-refractivity contribution in [1.29, 1.82) is 0 Å². The number of rotatable bonds is 10. The van der Waals surface area contributed by atoms with E-state index < -0.39 is 11.7 Å². The molecule has 6 nitrogen and oxygen atoms in total. The van der Waals surface area contributed by atoms with Crippen molar-refractivity contribution in [1.82, 2.24) is 19.8 Å². The van der Waals surface area contributed by atoms with Gasteiger partial charge in [0.1, 0.15) is 5.82 Å². The van der Waals surface area contributed by atoms with Crippen molar-refractivity contribution in [2.24, 2.45) is 0 Å². The number of likely N-dealkylation sites (tertiary alicyclic amines) is 1. The molecule has 1 N–H and O–H groups in total. The molecule has 40 heavy (non-hydrogen) atoms. The van der Waals surface area contributed by atoms with E-state index >= 15 is 0 Å². The SMILES string of the molecule is CCOC(=O)C1=C(NCc2ncc(CN3CCCC3)n2Cc2ccc(-c3ccc(C(F)(F)F)cc3)cc2)CCC1. The summed E-state index contributed by atoms with van der Waals surface area (Å²) >= 11 is 0. The van der Waals surface area contributed by atoms with Crippen LogP contribution in [0.15, 0.2) is 66.0 Å². The zero-order valence-electron chi connectivity index (χ0n) is 22.8. The number of halogens is 3. The molecular formula is C31H35F3N4O2. The van der Waals surface area contributed by atoms with Gasteiger partial charge in [-0.15, -0.1) is 0 Å². The fourth-order valence-corrected chi connectivity index (χ4v) is 5.49. The number of imidazole rings is 1. The van der Waals surface area contributed by atoms with Gasteiger partial charge in [-0.2, -0.15) is 13.2 Å². The first-order valence-electron chi connectivity index (χ1n) is 14.0. The molecule has 0 unspecified atom stereocenters. The molecule has 0 radical (unpaired) electrons. The van der Waals surface area contributed by atoms with Crippen molar-refractivity contribution in [2.45, 2.75) is 64.8 Å². The fraction of sp³-hybridized carbons (Fsp3) is 0.419. The highest BCUT2D eigenvalue weighted by molar-refractivity contribution is 5.89. The molecule has 1 saturated heterocycles. The van der Waals surface area contributed by atoms with Crippen molar-refractivity contribution in [3.63, 3.8) is 0 Å². The van der Waals surface area contributed by atoms with Crippen LogP contribution in [0.4, 0.5) is 13.2 Å². The van der Waals surface area contributed by atoms with Crippen LogP contribution in [0, 0.1) is 0 Å². The minimum absolute atomic E-state index is 0.242. The lowest BCUT2D eigenvalue weighted by Gasteiger charge is -2.18. The summed E-state index contributed by atoms with van der Waals surface area (Å²) in [6.45, 7) is 6.28. The van der Waals surface area contributed by atoms with Crippen molar-refractivity contribution in [2.75, 3.05) is 19.7 Å². The molecule has 0 atom stereocenters. The number of nitrogens with one attached hydrogen (secondary N) is 1. The molecule has 5 rings (SSSR count). The molecule has 0 bridgehead atoms. The minimum atomic E-state index is -4.35. The Labute approximate surface area is 232 Å². The van der Waals surface area contributed by atoms with Crippen molar-refractivity contribution in [3.8, 4) is 11.1 Å².